The van der Waals surface area contributed by atoms with Crippen molar-refractivity contribution < 1.29 is 9.53 Å². The van der Waals surface area contributed by atoms with E-state index in [0.29, 0.717) is 13.2 Å². The first kappa shape index (κ1) is 82.6. The van der Waals surface area contributed by atoms with E-state index in [2.05, 4.69) is 113 Å². The van der Waals surface area contributed by atoms with Crippen LogP contribution in [0, 0.1) is 47.3 Å². The van der Waals surface area contributed by atoms with Crippen molar-refractivity contribution in [1.82, 2.24) is 5.32 Å². The lowest BCUT2D eigenvalue weighted by Gasteiger charge is -2.24. The smallest absolute Gasteiger partial charge is 0.407 e. The van der Waals surface area contributed by atoms with Gasteiger partial charge in [-0.15, -0.1) is 0 Å². The molecular weight excluding hydrogens is 827 g/mol. The van der Waals surface area contributed by atoms with Crippen LogP contribution in [-0.2, 0) is 30.7 Å². The van der Waals surface area contributed by atoms with Crippen LogP contribution in [0.5, 0.6) is 0 Å². The van der Waals surface area contributed by atoms with Crippen molar-refractivity contribution in [1.29, 1.82) is 0 Å². The summed E-state index contributed by atoms with van der Waals surface area (Å²) in [6, 6.07) is 16.7. The third kappa shape index (κ3) is 50.1. The van der Waals surface area contributed by atoms with Crippen LogP contribution in [0.3, 0.4) is 0 Å². The van der Waals surface area contributed by atoms with Crippen LogP contribution in [-0.4, -0.2) is 6.09 Å². The van der Waals surface area contributed by atoms with Crippen molar-refractivity contribution in [3.63, 3.8) is 0 Å². The summed E-state index contributed by atoms with van der Waals surface area (Å²) < 4.78 is 4.88. The highest BCUT2D eigenvalue weighted by atomic mass is 16.5. The predicted octanol–water partition coefficient (Wildman–Crippen LogP) is 23.2. The molecule has 3 nitrogen and oxygen atoms in total. The molecule has 0 aromatic heterocycles. The monoisotopic (exact) mass is 960 g/mol. The van der Waals surface area contributed by atoms with Crippen molar-refractivity contribution >= 4 is 6.09 Å². The van der Waals surface area contributed by atoms with Crippen molar-refractivity contribution in [3.05, 3.63) is 70.8 Å². The van der Waals surface area contributed by atoms with Crippen molar-refractivity contribution in [2.75, 3.05) is 0 Å². The van der Waals surface area contributed by atoms with Crippen molar-refractivity contribution in [3.8, 4) is 0 Å². The van der Waals surface area contributed by atoms with Crippen molar-refractivity contribution in [2.24, 2.45) is 47.3 Å². The molecule has 1 aliphatic heterocycles. The van der Waals surface area contributed by atoms with Gasteiger partial charge in [-0.25, -0.2) is 4.79 Å². The zero-order valence-electron chi connectivity index (χ0n) is 47.2. The Kier molecular flexibility index (Phi) is 71.7. The van der Waals surface area contributed by atoms with Crippen LogP contribution < -0.4 is 5.32 Å². The van der Waals surface area contributed by atoms with Crippen LogP contribution >= 0.6 is 0 Å². The topological polar surface area (TPSA) is 38.3 Å². The molecule has 4 fully saturated rings. The predicted molar refractivity (Wildman–Crippen MR) is 320 cm³/mol. The molecule has 0 bridgehead atoms. The van der Waals surface area contributed by atoms with Gasteiger partial charge in [0, 0.05) is 6.54 Å². The Labute approximate surface area is 434 Å². The lowest BCUT2D eigenvalue weighted by atomic mass is 9.82. The number of cyclic esters (lactones) is 1. The van der Waals surface area contributed by atoms with Gasteiger partial charge >= 0.3 is 6.09 Å². The summed E-state index contributed by atoms with van der Waals surface area (Å²) in [6.45, 7) is 42.9. The molecule has 2 aromatic carbocycles. The summed E-state index contributed by atoms with van der Waals surface area (Å²) >= 11 is 0. The molecule has 4 atom stereocenters. The number of carbonyl (C=O) groups excluding carboxylic acids is 1. The van der Waals surface area contributed by atoms with E-state index in [9.17, 15) is 4.79 Å². The molecule has 3 heteroatoms. The summed E-state index contributed by atoms with van der Waals surface area (Å²) in [5.41, 5.74) is 5.36. The molecule has 6 aliphatic rings. The van der Waals surface area contributed by atoms with Crippen LogP contribution in [0.4, 0.5) is 4.79 Å². The molecule has 68 heavy (non-hydrogen) atoms. The summed E-state index contributed by atoms with van der Waals surface area (Å²) in [7, 11) is 0. The average Bonchev–Trinajstić information content (AvgIpc) is 3.94. The zero-order chi connectivity index (χ0) is 49.7. The van der Waals surface area contributed by atoms with Crippen LogP contribution in [0.2, 0.25) is 0 Å². The number of aryl methyl sites for hydroxylation is 2. The number of alkyl carbamates (subject to hydrolysis) is 1. The maximum Gasteiger partial charge on any atom is 0.407 e. The van der Waals surface area contributed by atoms with E-state index in [1.54, 1.807) is 62.5 Å². The highest BCUT2D eigenvalue weighted by Gasteiger charge is 2.29. The number of benzene rings is 2. The Morgan fingerprint density at radius 2 is 0.618 bits per heavy atom. The van der Waals surface area contributed by atoms with Gasteiger partial charge in [0.15, 0.2) is 0 Å². The third-order valence-electron chi connectivity index (χ3n) is 10.6. The van der Waals surface area contributed by atoms with E-state index in [0.717, 1.165) is 34.8 Å². The highest BCUT2D eigenvalue weighted by Crippen LogP contribution is 2.42. The van der Waals surface area contributed by atoms with Gasteiger partial charge in [0.25, 0.3) is 0 Å². The maximum absolute atomic E-state index is 10.8. The Balaban J connectivity index is -0.000000101. The first-order valence-electron chi connectivity index (χ1n) is 27.7. The minimum Gasteiger partial charge on any atom is -0.445 e. The summed E-state index contributed by atoms with van der Waals surface area (Å²) in [5, 5.41) is 2.64. The second kappa shape index (κ2) is 59.0. The van der Waals surface area contributed by atoms with Crippen molar-refractivity contribution in [2.45, 2.75) is 297 Å². The van der Waals surface area contributed by atoms with Gasteiger partial charge in [-0.3, -0.25) is 0 Å². The number of rotatable bonds is 0. The molecule has 5 aliphatic carbocycles. The van der Waals surface area contributed by atoms with Gasteiger partial charge in [0.1, 0.15) is 6.61 Å². The van der Waals surface area contributed by atoms with Gasteiger partial charge in [-0.2, -0.15) is 0 Å². The molecule has 4 unspecified atom stereocenters. The Hall–Kier alpha value is -2.29. The highest BCUT2D eigenvalue weighted by molar-refractivity contribution is 5.68. The third-order valence-corrected chi connectivity index (χ3v) is 10.6. The minimum absolute atomic E-state index is 0. The number of ether oxygens (including phenoxy) is 1. The van der Waals surface area contributed by atoms with E-state index < -0.39 is 0 Å². The number of amides is 1. The number of carbonyl (C=O) groups is 1. The first-order valence-corrected chi connectivity index (χ1v) is 27.7. The molecule has 1 amide bonds. The quantitative estimate of drug-likeness (QED) is 0.286. The fourth-order valence-corrected chi connectivity index (χ4v) is 8.28. The van der Waals surface area contributed by atoms with E-state index in [4.69, 9.17) is 4.74 Å². The second-order valence-corrected chi connectivity index (χ2v) is 20.1. The molecule has 1 heterocycles. The number of fused-ring (bicyclic) bond motifs is 4. The van der Waals surface area contributed by atoms with Crippen LogP contribution in [0.1, 0.15) is 293 Å². The normalized spacial score (nSPS) is 18.9. The fourth-order valence-electron chi connectivity index (χ4n) is 8.28. The van der Waals surface area contributed by atoms with Crippen LogP contribution in [0.25, 0.3) is 0 Å². The Morgan fingerprint density at radius 1 is 0.382 bits per heavy atom. The maximum atomic E-state index is 10.8. The summed E-state index contributed by atoms with van der Waals surface area (Å²) in [5.74, 6) is 8.00. The molecule has 4 saturated carbocycles. The van der Waals surface area contributed by atoms with E-state index in [1.807, 2.05) is 79.7 Å². The van der Waals surface area contributed by atoms with E-state index in [1.165, 1.54) is 87.9 Å². The summed E-state index contributed by atoms with van der Waals surface area (Å²) in [4.78, 5) is 10.8. The molecule has 0 spiro atoms. The number of hydrogen-bond acceptors (Lipinski definition) is 2. The molecule has 0 radical (unpaired) electrons. The largest absolute Gasteiger partial charge is 0.445 e. The van der Waals surface area contributed by atoms with E-state index >= 15 is 0 Å². The molecular formula is C65H133NO2. The standard InChI is InChI=1S/C10H12.C9H9NO2.2C9H16.4C4H10.4C2H6.4CH4/c1-2-6-10-8-4-3-7-9(10)5-1;11-9-10-5-7-3-1-2-4-8(7)6-12-9;2*1-2-5-9-7-3-6-8(9)4-1;4*1-4(2)3;4*1-2;;;;/h1-2,5-6H,3-4,7-8H2;1-4H,5-6H2,(H,10,11);2*8-9H,1-7H2;4*4H,1-3H3;4*1-2H3;4*1H4. The Bertz CT molecular complexity index is 1090. The van der Waals surface area contributed by atoms with E-state index in [-0.39, 0.29) is 35.8 Å². The molecule has 2 aromatic rings. The average molecular weight is 961 g/mol. The molecule has 0 saturated heterocycles. The fraction of sp³-hybridized carbons (Fsp3) is 0.800. The minimum atomic E-state index is -0.341. The SMILES string of the molecule is C.C.C.C.C1CCC2CCCC2C1.C1CCC2CCCC2C1.CC.CC.CC.CC.CC(C)C.CC(C)C.CC(C)C.CC(C)C.O=C1NCc2ccccc2CO1.c1ccc2c(c1)CCCC2. The van der Waals surface area contributed by atoms with Gasteiger partial charge in [-0.05, 0) is 95.3 Å². The second-order valence-electron chi connectivity index (χ2n) is 20.1. The molecule has 1 N–H and O–H groups in total. The van der Waals surface area contributed by atoms with Gasteiger partial charge < -0.3 is 10.1 Å². The molecule has 8 rings (SSSR count). The van der Waals surface area contributed by atoms with Gasteiger partial charge in [0.05, 0.1) is 0 Å². The summed E-state index contributed by atoms with van der Waals surface area (Å²) in [6.07, 6.45) is 26.7. The molecule has 410 valence electrons. The van der Waals surface area contributed by atoms with Crippen LogP contribution in [0.15, 0.2) is 48.5 Å². The lowest BCUT2D eigenvalue weighted by molar-refractivity contribution is 0.143. The number of nitrogens with one attached hydrogen (secondary N) is 1. The Morgan fingerprint density at radius 3 is 0.897 bits per heavy atom. The lowest BCUT2D eigenvalue weighted by Crippen LogP contribution is -2.20. The zero-order valence-corrected chi connectivity index (χ0v) is 47.2. The van der Waals surface area contributed by atoms with Gasteiger partial charge in [0.2, 0.25) is 0 Å². The first-order chi connectivity index (χ1) is 30.7. The number of hydrogen-bond donors (Lipinski definition) is 1. The van der Waals surface area contributed by atoms with Gasteiger partial charge in [-0.1, -0.05) is 307 Å².